The van der Waals surface area contributed by atoms with Crippen LogP contribution in [0.4, 0.5) is 0 Å². The molecule has 1 saturated heterocycles. The summed E-state index contributed by atoms with van der Waals surface area (Å²) in [7, 11) is 2.07. The van der Waals surface area contributed by atoms with Crippen LogP contribution in [0, 0.1) is 0 Å². The number of carbonyl (C=O) groups is 1. The van der Waals surface area contributed by atoms with Crippen LogP contribution >= 0.6 is 0 Å². The fourth-order valence-electron chi connectivity index (χ4n) is 2.07. The molecule has 1 heterocycles. The van der Waals surface area contributed by atoms with Gasteiger partial charge in [-0.1, -0.05) is 0 Å². The third-order valence-corrected chi connectivity index (χ3v) is 3.34. The molecule has 0 bridgehead atoms. The van der Waals surface area contributed by atoms with Crippen LogP contribution < -0.4 is 11.5 Å². The van der Waals surface area contributed by atoms with E-state index in [2.05, 4.69) is 11.9 Å². The van der Waals surface area contributed by atoms with Crippen molar-refractivity contribution in [2.45, 2.75) is 44.2 Å². The third-order valence-electron chi connectivity index (χ3n) is 3.34. The van der Waals surface area contributed by atoms with E-state index in [0.29, 0.717) is 12.5 Å². The van der Waals surface area contributed by atoms with Gasteiger partial charge in [-0.25, -0.2) is 0 Å². The van der Waals surface area contributed by atoms with E-state index < -0.39 is 11.4 Å². The zero-order valence-corrected chi connectivity index (χ0v) is 10.9. The van der Waals surface area contributed by atoms with Crippen molar-refractivity contribution < 1.29 is 9.53 Å². The van der Waals surface area contributed by atoms with E-state index in [1.165, 1.54) is 6.42 Å². The van der Waals surface area contributed by atoms with Crippen molar-refractivity contribution in [2.24, 2.45) is 11.5 Å². The highest BCUT2D eigenvalue weighted by molar-refractivity contribution is 5.83. The Morgan fingerprint density at radius 1 is 1.59 bits per heavy atom. The van der Waals surface area contributed by atoms with Crippen LogP contribution in [0.25, 0.3) is 0 Å². The van der Waals surface area contributed by atoms with Crippen molar-refractivity contribution in [2.75, 3.05) is 26.7 Å². The molecule has 2 atom stereocenters. The Kier molecular flexibility index (Phi) is 5.36. The lowest BCUT2D eigenvalue weighted by molar-refractivity contribution is -0.122. The number of primary amides is 1. The van der Waals surface area contributed by atoms with Crippen molar-refractivity contribution in [3.63, 3.8) is 0 Å². The molecule has 0 aromatic heterocycles. The second-order valence-electron chi connectivity index (χ2n) is 5.28. The van der Waals surface area contributed by atoms with Gasteiger partial charge in [0.1, 0.15) is 0 Å². The first kappa shape index (κ1) is 14.4. The van der Waals surface area contributed by atoms with Crippen molar-refractivity contribution in [3.8, 4) is 0 Å². The van der Waals surface area contributed by atoms with Crippen LogP contribution in [0.1, 0.15) is 32.6 Å². The molecule has 1 fully saturated rings. The summed E-state index contributed by atoms with van der Waals surface area (Å²) in [5.41, 5.74) is 10.1. The average molecular weight is 243 g/mol. The number of likely N-dealkylation sites (N-methyl/N-ethyl adjacent to an activating group) is 1. The first-order chi connectivity index (χ1) is 7.92. The fraction of sp³-hybridized carbons (Fsp3) is 0.917. The number of rotatable bonds is 7. The maximum atomic E-state index is 11.0. The molecule has 0 radical (unpaired) electrons. The van der Waals surface area contributed by atoms with Gasteiger partial charge in [0.15, 0.2) is 0 Å². The topological polar surface area (TPSA) is 81.6 Å². The maximum Gasteiger partial charge on any atom is 0.237 e. The van der Waals surface area contributed by atoms with Crippen molar-refractivity contribution in [3.05, 3.63) is 0 Å². The predicted octanol–water partition coefficient (Wildman–Crippen LogP) is 0.0801. The van der Waals surface area contributed by atoms with E-state index in [1.807, 2.05) is 0 Å². The van der Waals surface area contributed by atoms with E-state index in [-0.39, 0.29) is 0 Å². The van der Waals surface area contributed by atoms with E-state index >= 15 is 0 Å². The molecule has 17 heavy (non-hydrogen) atoms. The Balaban J connectivity index is 2.15. The molecule has 1 aliphatic rings. The summed E-state index contributed by atoms with van der Waals surface area (Å²) in [5.74, 6) is -0.431. The van der Waals surface area contributed by atoms with Crippen molar-refractivity contribution >= 4 is 5.91 Å². The first-order valence-corrected chi connectivity index (χ1v) is 6.31. The second-order valence-corrected chi connectivity index (χ2v) is 5.28. The van der Waals surface area contributed by atoms with Crippen LogP contribution in [-0.4, -0.2) is 49.2 Å². The van der Waals surface area contributed by atoms with Crippen molar-refractivity contribution in [1.29, 1.82) is 0 Å². The van der Waals surface area contributed by atoms with Gasteiger partial charge in [-0.2, -0.15) is 0 Å². The lowest BCUT2D eigenvalue weighted by Crippen LogP contribution is -2.49. The summed E-state index contributed by atoms with van der Waals surface area (Å²) in [6.45, 7) is 4.45. The summed E-state index contributed by atoms with van der Waals surface area (Å²) in [6, 6.07) is 0. The molecule has 100 valence electrons. The number of amides is 1. The molecule has 1 amide bonds. The number of hydrogen-bond donors (Lipinski definition) is 2. The molecule has 2 unspecified atom stereocenters. The lowest BCUT2D eigenvalue weighted by atomic mass is 9.96. The Morgan fingerprint density at radius 2 is 2.29 bits per heavy atom. The maximum absolute atomic E-state index is 11.0. The summed E-state index contributed by atoms with van der Waals surface area (Å²) in [5, 5.41) is 0. The van der Waals surface area contributed by atoms with Crippen LogP contribution in [-0.2, 0) is 9.53 Å². The number of hydrogen-bond acceptors (Lipinski definition) is 4. The number of nitrogens with two attached hydrogens (primary N) is 2. The SMILES string of the molecule is CN(CCCC(C)(N)C(N)=O)CC1CCCO1. The Morgan fingerprint density at radius 3 is 2.82 bits per heavy atom. The number of carbonyl (C=O) groups excluding carboxylic acids is 1. The minimum atomic E-state index is -0.884. The molecule has 5 heteroatoms. The van der Waals surface area contributed by atoms with E-state index in [1.54, 1.807) is 6.92 Å². The summed E-state index contributed by atoms with van der Waals surface area (Å²) in [6.07, 6.45) is 4.19. The third kappa shape index (κ3) is 5.02. The van der Waals surface area contributed by atoms with Gasteiger partial charge >= 0.3 is 0 Å². The highest BCUT2D eigenvalue weighted by Gasteiger charge is 2.25. The van der Waals surface area contributed by atoms with E-state index in [0.717, 1.165) is 32.5 Å². The average Bonchev–Trinajstić information content (AvgIpc) is 2.69. The van der Waals surface area contributed by atoms with Gasteiger partial charge in [-0.15, -0.1) is 0 Å². The minimum absolute atomic E-state index is 0.375. The zero-order chi connectivity index (χ0) is 12.9. The fourth-order valence-corrected chi connectivity index (χ4v) is 2.07. The molecule has 4 N–H and O–H groups in total. The first-order valence-electron chi connectivity index (χ1n) is 6.31. The van der Waals surface area contributed by atoms with E-state index in [9.17, 15) is 4.79 Å². The molecule has 0 aromatic rings. The molecule has 0 saturated carbocycles. The molecular formula is C12H25N3O2. The van der Waals surface area contributed by atoms with Crippen LogP contribution in [0.3, 0.4) is 0 Å². The predicted molar refractivity (Wildman–Crippen MR) is 67.5 cm³/mol. The quantitative estimate of drug-likeness (QED) is 0.663. The van der Waals surface area contributed by atoms with E-state index in [4.69, 9.17) is 16.2 Å². The molecule has 0 aliphatic carbocycles. The zero-order valence-electron chi connectivity index (χ0n) is 10.9. The number of nitrogens with zero attached hydrogens (tertiary/aromatic N) is 1. The van der Waals surface area contributed by atoms with Crippen LogP contribution in [0.2, 0.25) is 0 Å². The lowest BCUT2D eigenvalue weighted by Gasteiger charge is -2.24. The molecule has 0 spiro atoms. The Labute approximate surface area is 103 Å². The highest BCUT2D eigenvalue weighted by Crippen LogP contribution is 2.14. The second kappa shape index (κ2) is 6.33. The van der Waals surface area contributed by atoms with Gasteiger partial charge < -0.3 is 21.1 Å². The number of ether oxygens (including phenoxy) is 1. The Bertz CT molecular complexity index is 250. The molecule has 0 aromatic carbocycles. The Hall–Kier alpha value is -0.650. The van der Waals surface area contributed by atoms with Crippen LogP contribution in [0.15, 0.2) is 0 Å². The van der Waals surface area contributed by atoms with Gasteiger partial charge in [-0.05, 0) is 46.2 Å². The molecule has 1 rings (SSSR count). The van der Waals surface area contributed by atoms with Gasteiger partial charge in [0, 0.05) is 13.2 Å². The van der Waals surface area contributed by atoms with Crippen molar-refractivity contribution in [1.82, 2.24) is 4.90 Å². The highest BCUT2D eigenvalue weighted by atomic mass is 16.5. The monoisotopic (exact) mass is 243 g/mol. The summed E-state index contributed by atoms with van der Waals surface area (Å²) < 4.78 is 5.57. The van der Waals surface area contributed by atoms with Gasteiger partial charge in [0.05, 0.1) is 11.6 Å². The van der Waals surface area contributed by atoms with Gasteiger partial charge in [0.25, 0.3) is 0 Å². The normalized spacial score (nSPS) is 23.9. The van der Waals surface area contributed by atoms with Gasteiger partial charge in [0.2, 0.25) is 5.91 Å². The minimum Gasteiger partial charge on any atom is -0.377 e. The summed E-state index contributed by atoms with van der Waals surface area (Å²) >= 11 is 0. The van der Waals surface area contributed by atoms with Gasteiger partial charge in [-0.3, -0.25) is 4.79 Å². The molecule has 1 aliphatic heterocycles. The van der Waals surface area contributed by atoms with Crippen LogP contribution in [0.5, 0.6) is 0 Å². The smallest absolute Gasteiger partial charge is 0.237 e. The molecular weight excluding hydrogens is 218 g/mol. The molecule has 5 nitrogen and oxygen atoms in total. The largest absolute Gasteiger partial charge is 0.377 e. The summed E-state index contributed by atoms with van der Waals surface area (Å²) in [4.78, 5) is 13.3. The standard InChI is InChI=1S/C12H25N3O2/c1-12(14,11(13)16)6-4-7-15(2)9-10-5-3-8-17-10/h10H,3-9,14H2,1-2H3,(H2,13,16).